The maximum absolute atomic E-state index is 11.3. The summed E-state index contributed by atoms with van der Waals surface area (Å²) in [6.45, 7) is 2.67. The lowest BCUT2D eigenvalue weighted by atomic mass is 10.2. The highest BCUT2D eigenvalue weighted by Gasteiger charge is 2.14. The Bertz CT molecular complexity index is 653. The van der Waals surface area contributed by atoms with E-state index in [1.54, 1.807) is 16.8 Å². The first-order chi connectivity index (χ1) is 8.52. The lowest BCUT2D eigenvalue weighted by Gasteiger charge is -2.03. The molecular weight excluding hydrogens is 276 g/mol. The summed E-state index contributed by atoms with van der Waals surface area (Å²) >= 11 is 0. The van der Waals surface area contributed by atoms with Gasteiger partial charge in [-0.2, -0.15) is 0 Å². The van der Waals surface area contributed by atoms with Crippen LogP contribution in [0.3, 0.4) is 0 Å². The second-order valence-corrected chi connectivity index (χ2v) is 6.26. The first kappa shape index (κ1) is 13.0. The van der Waals surface area contributed by atoms with Crippen LogP contribution >= 0.6 is 10.7 Å². The van der Waals surface area contributed by atoms with Crippen molar-refractivity contribution in [1.82, 2.24) is 20.2 Å². The van der Waals surface area contributed by atoms with E-state index in [2.05, 4.69) is 15.5 Å². The number of tetrazole rings is 1. The molecule has 0 saturated heterocycles. The summed E-state index contributed by atoms with van der Waals surface area (Å²) in [5.41, 5.74) is 0.621. The molecule has 0 fully saturated rings. The van der Waals surface area contributed by atoms with Gasteiger partial charge in [-0.05, 0) is 29.0 Å². The second-order valence-electron chi connectivity index (χ2n) is 3.69. The fourth-order valence-electron chi connectivity index (χ4n) is 1.56. The van der Waals surface area contributed by atoms with Crippen LogP contribution in [0.5, 0.6) is 0 Å². The molecule has 0 aliphatic rings. The molecule has 0 N–H and O–H groups in total. The topological polar surface area (TPSA) is 77.7 Å². The predicted molar refractivity (Wildman–Crippen MR) is 66.6 cm³/mol. The summed E-state index contributed by atoms with van der Waals surface area (Å²) in [5, 5.41) is 11.3. The number of aryl methyl sites for hydroxylation is 1. The number of benzene rings is 1. The molecule has 0 saturated carbocycles. The fraction of sp³-hybridized carbons (Fsp3) is 0.300. The van der Waals surface area contributed by atoms with Gasteiger partial charge in [0.25, 0.3) is 9.05 Å². The summed E-state index contributed by atoms with van der Waals surface area (Å²) in [4.78, 5) is 0.0349. The summed E-state index contributed by atoms with van der Waals surface area (Å²) in [7, 11) is 1.56. The van der Waals surface area contributed by atoms with Crippen molar-refractivity contribution in [1.29, 1.82) is 0 Å². The monoisotopic (exact) mass is 286 g/mol. The minimum atomic E-state index is -3.75. The van der Waals surface area contributed by atoms with Crippen LogP contribution in [0.4, 0.5) is 0 Å². The van der Waals surface area contributed by atoms with Crippen LogP contribution in [0.1, 0.15) is 13.3 Å². The van der Waals surface area contributed by atoms with E-state index in [1.807, 2.05) is 6.92 Å². The second kappa shape index (κ2) is 5.03. The fourth-order valence-corrected chi connectivity index (χ4v) is 2.36. The van der Waals surface area contributed by atoms with Gasteiger partial charge in [-0.1, -0.05) is 19.1 Å². The number of rotatable bonds is 4. The van der Waals surface area contributed by atoms with Crippen LogP contribution in [-0.2, 0) is 15.6 Å². The minimum absolute atomic E-state index is 0.0349. The number of nitrogens with zero attached hydrogens (tertiary/aromatic N) is 4. The summed E-state index contributed by atoms with van der Waals surface area (Å²) in [5.74, 6) is 0.527. The highest BCUT2D eigenvalue weighted by Crippen LogP contribution is 2.22. The Labute approximate surface area is 109 Å². The average Bonchev–Trinajstić information content (AvgIpc) is 2.77. The third-order valence-corrected chi connectivity index (χ3v) is 3.69. The average molecular weight is 287 g/mol. The molecule has 0 atom stereocenters. The standard InChI is InChI=1S/C10H11ClN4O2S/c1-2-6-15-10(12-13-14-15)8-4-3-5-9(7-8)18(11,16)17/h3-5,7H,2,6H2,1H3. The summed E-state index contributed by atoms with van der Waals surface area (Å²) in [6.07, 6.45) is 0.880. The Morgan fingerprint density at radius 2 is 2.17 bits per heavy atom. The van der Waals surface area contributed by atoms with Crippen LogP contribution in [-0.4, -0.2) is 28.6 Å². The largest absolute Gasteiger partial charge is 0.261 e. The molecule has 2 aromatic rings. The molecule has 0 amide bonds. The predicted octanol–water partition coefficient (Wildman–Crippen LogP) is 1.68. The van der Waals surface area contributed by atoms with Crippen LogP contribution < -0.4 is 0 Å². The van der Waals surface area contributed by atoms with E-state index in [0.717, 1.165) is 6.42 Å². The SMILES string of the molecule is CCCn1nnnc1-c1cccc(S(=O)(=O)Cl)c1. The van der Waals surface area contributed by atoms with Crippen LogP contribution in [0.2, 0.25) is 0 Å². The lowest BCUT2D eigenvalue weighted by molar-refractivity contribution is 0.583. The highest BCUT2D eigenvalue weighted by molar-refractivity contribution is 8.13. The molecule has 18 heavy (non-hydrogen) atoms. The number of hydrogen-bond donors (Lipinski definition) is 0. The van der Waals surface area contributed by atoms with Crippen molar-refractivity contribution in [2.24, 2.45) is 0 Å². The zero-order valence-electron chi connectivity index (χ0n) is 9.62. The molecular formula is C10H11ClN4O2S. The van der Waals surface area contributed by atoms with E-state index in [9.17, 15) is 8.42 Å². The van der Waals surface area contributed by atoms with Gasteiger partial charge < -0.3 is 0 Å². The van der Waals surface area contributed by atoms with Gasteiger partial charge in [0.1, 0.15) is 0 Å². The van der Waals surface area contributed by atoms with Crippen molar-refractivity contribution >= 4 is 19.7 Å². The molecule has 0 radical (unpaired) electrons. The van der Waals surface area contributed by atoms with Crippen molar-refractivity contribution < 1.29 is 8.42 Å². The number of halogens is 1. The third-order valence-electron chi connectivity index (χ3n) is 2.34. The van der Waals surface area contributed by atoms with Gasteiger partial charge in [-0.15, -0.1) is 5.10 Å². The molecule has 0 aliphatic heterocycles. The van der Waals surface area contributed by atoms with E-state index in [-0.39, 0.29) is 4.90 Å². The van der Waals surface area contributed by atoms with Gasteiger partial charge in [0.2, 0.25) is 0 Å². The van der Waals surface area contributed by atoms with Gasteiger partial charge in [0.15, 0.2) is 5.82 Å². The van der Waals surface area contributed by atoms with Gasteiger partial charge in [-0.3, -0.25) is 0 Å². The van der Waals surface area contributed by atoms with E-state index in [0.29, 0.717) is 17.9 Å². The smallest absolute Gasteiger partial charge is 0.225 e. The number of aromatic nitrogens is 4. The molecule has 1 aromatic heterocycles. The summed E-state index contributed by atoms with van der Waals surface area (Å²) in [6, 6.07) is 6.24. The Hall–Kier alpha value is -1.47. The van der Waals surface area contributed by atoms with Crippen molar-refractivity contribution in [2.75, 3.05) is 0 Å². The van der Waals surface area contributed by atoms with Crippen LogP contribution in [0.15, 0.2) is 29.2 Å². The number of hydrogen-bond acceptors (Lipinski definition) is 5. The van der Waals surface area contributed by atoms with Crippen molar-refractivity contribution in [3.8, 4) is 11.4 Å². The normalized spacial score (nSPS) is 11.7. The Kier molecular flexibility index (Phi) is 3.63. The maximum atomic E-state index is 11.3. The quantitative estimate of drug-likeness (QED) is 0.799. The third kappa shape index (κ3) is 2.68. The highest BCUT2D eigenvalue weighted by atomic mass is 35.7. The maximum Gasteiger partial charge on any atom is 0.261 e. The summed E-state index contributed by atoms with van der Waals surface area (Å²) < 4.78 is 24.2. The van der Waals surface area contributed by atoms with E-state index < -0.39 is 9.05 Å². The van der Waals surface area contributed by atoms with Crippen molar-refractivity contribution in [2.45, 2.75) is 24.8 Å². The molecule has 8 heteroatoms. The molecule has 1 heterocycles. The van der Waals surface area contributed by atoms with Gasteiger partial charge in [-0.25, -0.2) is 13.1 Å². The van der Waals surface area contributed by atoms with Gasteiger partial charge in [0, 0.05) is 22.8 Å². The van der Waals surface area contributed by atoms with Crippen molar-refractivity contribution in [3.05, 3.63) is 24.3 Å². The van der Waals surface area contributed by atoms with Crippen LogP contribution in [0, 0.1) is 0 Å². The van der Waals surface area contributed by atoms with E-state index in [4.69, 9.17) is 10.7 Å². The molecule has 0 unspecified atom stereocenters. The lowest BCUT2D eigenvalue weighted by Crippen LogP contribution is -2.02. The first-order valence-corrected chi connectivity index (χ1v) is 7.64. The van der Waals surface area contributed by atoms with Crippen LogP contribution in [0.25, 0.3) is 11.4 Å². The Balaban J connectivity index is 2.48. The zero-order valence-corrected chi connectivity index (χ0v) is 11.2. The van der Waals surface area contributed by atoms with E-state index in [1.165, 1.54) is 12.1 Å². The first-order valence-electron chi connectivity index (χ1n) is 5.33. The minimum Gasteiger partial charge on any atom is -0.225 e. The van der Waals surface area contributed by atoms with Crippen molar-refractivity contribution in [3.63, 3.8) is 0 Å². The molecule has 0 aliphatic carbocycles. The molecule has 2 rings (SSSR count). The van der Waals surface area contributed by atoms with Gasteiger partial charge in [0.05, 0.1) is 4.90 Å². The Morgan fingerprint density at radius 3 is 2.83 bits per heavy atom. The van der Waals surface area contributed by atoms with Gasteiger partial charge >= 0.3 is 0 Å². The Morgan fingerprint density at radius 1 is 1.39 bits per heavy atom. The molecule has 0 bridgehead atoms. The zero-order chi connectivity index (χ0) is 13.2. The molecule has 0 spiro atoms. The van der Waals surface area contributed by atoms with E-state index >= 15 is 0 Å². The molecule has 6 nitrogen and oxygen atoms in total. The molecule has 96 valence electrons. The molecule has 1 aromatic carbocycles.